The van der Waals surface area contributed by atoms with E-state index in [0.29, 0.717) is 66.3 Å². The Bertz CT molecular complexity index is 3350. The lowest BCUT2D eigenvalue weighted by Crippen LogP contribution is -2.47. The van der Waals surface area contributed by atoms with Crippen molar-refractivity contribution in [3.63, 3.8) is 0 Å². The SMILES string of the molecule is Cc1c(OC2CCC([C@H](C)CCN3CCN(c4ccc5c(C6CCC(=O)NC6=O)nn(C)c5c4)CC3)CC2)cccc1-c1ccc(N2CCc3cccc(C(=O)Nc4nc5ccccc5s4)c3C2)nc1C(=O)OC(C)(C)C. The summed E-state index contributed by atoms with van der Waals surface area (Å²) in [5, 5.41) is 11.8. The lowest BCUT2D eigenvalue weighted by Gasteiger charge is -2.37. The smallest absolute Gasteiger partial charge is 0.358 e. The largest absolute Gasteiger partial charge is 0.490 e. The van der Waals surface area contributed by atoms with E-state index in [2.05, 4.69) is 68.4 Å². The number of aryl methyl sites for hydroxylation is 1. The number of carbonyl (C=O) groups is 4. The van der Waals surface area contributed by atoms with Gasteiger partial charge in [-0.2, -0.15) is 5.10 Å². The van der Waals surface area contributed by atoms with Crippen LogP contribution in [-0.2, 0) is 34.3 Å². The molecule has 400 valence electrons. The topological polar surface area (TPSA) is 164 Å². The van der Waals surface area contributed by atoms with E-state index < -0.39 is 17.5 Å². The maximum atomic E-state index is 14.2. The van der Waals surface area contributed by atoms with E-state index in [9.17, 15) is 19.2 Å². The number of piperazine rings is 1. The van der Waals surface area contributed by atoms with Crippen LogP contribution in [0, 0.1) is 18.8 Å². The number of rotatable bonds is 13. The zero-order valence-corrected chi connectivity index (χ0v) is 45.9. The molecule has 3 aromatic heterocycles. The number of nitrogens with zero attached hydrogens (tertiary/aromatic N) is 7. The summed E-state index contributed by atoms with van der Waals surface area (Å²) in [4.78, 5) is 69.3. The number of para-hydroxylation sites is 1. The Morgan fingerprint density at radius 1 is 0.844 bits per heavy atom. The van der Waals surface area contributed by atoms with Crippen LogP contribution in [0.3, 0.4) is 0 Å². The lowest BCUT2D eigenvalue weighted by atomic mass is 9.78. The minimum Gasteiger partial charge on any atom is -0.490 e. The molecular formula is C61H69N9O6S. The number of hydrogen-bond donors (Lipinski definition) is 2. The molecule has 16 heteroatoms. The number of anilines is 3. The minimum atomic E-state index is -0.734. The Balaban J connectivity index is 0.701. The average molecular weight is 1060 g/mol. The molecule has 7 aromatic rings. The number of thiazole rings is 1. The second kappa shape index (κ2) is 21.7. The van der Waals surface area contributed by atoms with Crippen LogP contribution in [0.2, 0.25) is 0 Å². The van der Waals surface area contributed by atoms with E-state index in [-0.39, 0.29) is 29.5 Å². The Morgan fingerprint density at radius 2 is 1.64 bits per heavy atom. The molecule has 1 aliphatic carbocycles. The van der Waals surface area contributed by atoms with Crippen LogP contribution in [0.5, 0.6) is 5.75 Å². The van der Waals surface area contributed by atoms with Crippen molar-refractivity contribution in [3.8, 4) is 16.9 Å². The summed E-state index contributed by atoms with van der Waals surface area (Å²) in [6.07, 6.45) is 7.07. The van der Waals surface area contributed by atoms with E-state index in [1.165, 1.54) is 23.4 Å². The molecule has 3 aliphatic heterocycles. The van der Waals surface area contributed by atoms with Gasteiger partial charge in [0.1, 0.15) is 17.2 Å². The Kier molecular flexibility index (Phi) is 14.6. The number of nitrogens with one attached hydrogen (secondary N) is 2. The summed E-state index contributed by atoms with van der Waals surface area (Å²) in [6.45, 7) is 16.2. The second-order valence-corrected chi connectivity index (χ2v) is 23.5. The molecule has 0 bridgehead atoms. The summed E-state index contributed by atoms with van der Waals surface area (Å²) in [5.74, 6) is 1.14. The van der Waals surface area contributed by atoms with E-state index in [1.807, 2.05) is 99.2 Å². The normalized spacial score (nSPS) is 19.7. The van der Waals surface area contributed by atoms with Crippen molar-refractivity contribution >= 4 is 72.8 Å². The fourth-order valence-corrected chi connectivity index (χ4v) is 12.8. The highest BCUT2D eigenvalue weighted by molar-refractivity contribution is 7.22. The number of fused-ring (bicyclic) bond motifs is 3. The highest BCUT2D eigenvalue weighted by atomic mass is 32.1. The van der Waals surface area contributed by atoms with Gasteiger partial charge in [0.05, 0.1) is 33.4 Å². The van der Waals surface area contributed by atoms with Gasteiger partial charge in [-0.1, -0.05) is 54.7 Å². The first-order valence-electron chi connectivity index (χ1n) is 27.4. The van der Waals surface area contributed by atoms with Gasteiger partial charge in [0.2, 0.25) is 11.8 Å². The fraction of sp³-hybridized carbons (Fsp3) is 0.426. The molecule has 6 heterocycles. The summed E-state index contributed by atoms with van der Waals surface area (Å²) in [7, 11) is 1.92. The molecule has 4 aromatic carbocycles. The molecule has 15 nitrogen and oxygen atoms in total. The minimum absolute atomic E-state index is 0.107. The van der Waals surface area contributed by atoms with Crippen molar-refractivity contribution in [3.05, 3.63) is 125 Å². The van der Waals surface area contributed by atoms with Crippen molar-refractivity contribution in [2.24, 2.45) is 18.9 Å². The predicted molar refractivity (Wildman–Crippen MR) is 303 cm³/mol. The number of carbonyl (C=O) groups excluding carboxylic acids is 4. The number of esters is 1. The molecule has 2 saturated heterocycles. The third-order valence-electron chi connectivity index (χ3n) is 16.3. The van der Waals surface area contributed by atoms with Crippen LogP contribution in [-0.4, -0.2) is 99.3 Å². The number of benzene rings is 4. The molecule has 0 radical (unpaired) electrons. The van der Waals surface area contributed by atoms with Gasteiger partial charge in [0.25, 0.3) is 5.91 Å². The van der Waals surface area contributed by atoms with Crippen molar-refractivity contribution < 1.29 is 28.7 Å². The molecule has 1 saturated carbocycles. The first-order valence-corrected chi connectivity index (χ1v) is 28.3. The number of pyridine rings is 1. The fourth-order valence-electron chi connectivity index (χ4n) is 11.9. The summed E-state index contributed by atoms with van der Waals surface area (Å²) < 4.78 is 15.7. The molecular weight excluding hydrogens is 987 g/mol. The molecule has 11 rings (SSSR count). The van der Waals surface area contributed by atoms with Crippen molar-refractivity contribution in [2.45, 2.75) is 110 Å². The van der Waals surface area contributed by atoms with Crippen LogP contribution in [0.4, 0.5) is 16.6 Å². The van der Waals surface area contributed by atoms with Crippen LogP contribution in [0.15, 0.2) is 91.0 Å². The molecule has 3 amide bonds. The number of amides is 3. The highest BCUT2D eigenvalue weighted by Gasteiger charge is 2.33. The molecule has 0 spiro atoms. The van der Waals surface area contributed by atoms with E-state index >= 15 is 0 Å². The molecule has 2 N–H and O–H groups in total. The third-order valence-corrected chi connectivity index (χ3v) is 17.2. The molecule has 77 heavy (non-hydrogen) atoms. The summed E-state index contributed by atoms with van der Waals surface area (Å²) in [5.41, 5.74) is 8.43. The van der Waals surface area contributed by atoms with Gasteiger partial charge >= 0.3 is 5.97 Å². The van der Waals surface area contributed by atoms with Gasteiger partial charge in [-0.25, -0.2) is 14.8 Å². The number of ether oxygens (including phenoxy) is 2. The monoisotopic (exact) mass is 1060 g/mol. The van der Waals surface area contributed by atoms with Gasteiger partial charge in [-0.15, -0.1) is 0 Å². The van der Waals surface area contributed by atoms with E-state index in [4.69, 9.17) is 19.6 Å². The zero-order valence-electron chi connectivity index (χ0n) is 45.1. The first kappa shape index (κ1) is 51.9. The number of imide groups is 1. The van der Waals surface area contributed by atoms with Crippen LogP contribution in [0.1, 0.15) is 122 Å². The molecule has 4 aliphatic rings. The van der Waals surface area contributed by atoms with Crippen LogP contribution < -0.4 is 25.2 Å². The zero-order chi connectivity index (χ0) is 53.5. The third kappa shape index (κ3) is 11.2. The van der Waals surface area contributed by atoms with Gasteiger partial charge in [0, 0.05) is 74.9 Å². The highest BCUT2D eigenvalue weighted by Crippen LogP contribution is 2.39. The average Bonchev–Trinajstić information content (AvgIpc) is 4.10. The lowest BCUT2D eigenvalue weighted by molar-refractivity contribution is -0.134. The second-order valence-electron chi connectivity index (χ2n) is 22.5. The standard InChI is InChI=1S/C61H69N9O6S/c1-37(27-29-68-31-33-69(34-32-68)41-19-22-46-50(35-41)67(6)66-55(46)47-24-26-54(71)64-58(47)73)39-17-20-42(21-18-39)75-51-15-10-12-43(38(51)2)44-23-25-53(63-56(44)59(74)76-61(3,4)5)70-30-28-40-11-9-13-45(48(40)36-70)57(72)65-60-62-49-14-7-8-16-52(49)77-60/h7-16,19,22-23,25,35,37,39,42,47H,17-18,20-21,24,26-34,36H2,1-6H3,(H,62,65,72)(H,64,71,73)/t37-,39?,42?,47?/m1/s1. The van der Waals surface area contributed by atoms with Crippen molar-refractivity contribution in [1.29, 1.82) is 0 Å². The first-order chi connectivity index (χ1) is 37.1. The maximum absolute atomic E-state index is 14.2. The Hall–Kier alpha value is -7.17. The summed E-state index contributed by atoms with van der Waals surface area (Å²) >= 11 is 1.45. The van der Waals surface area contributed by atoms with Crippen molar-refractivity contribution in [2.75, 3.05) is 54.4 Å². The Labute approximate surface area is 454 Å². The molecule has 3 fully saturated rings. The van der Waals surface area contributed by atoms with Gasteiger partial charge < -0.3 is 19.3 Å². The van der Waals surface area contributed by atoms with Gasteiger partial charge in [-0.3, -0.25) is 34.6 Å². The van der Waals surface area contributed by atoms with E-state index in [0.717, 1.165) is 113 Å². The van der Waals surface area contributed by atoms with E-state index in [1.54, 1.807) is 0 Å². The van der Waals surface area contributed by atoms with Crippen LogP contribution in [0.25, 0.3) is 32.2 Å². The van der Waals surface area contributed by atoms with Gasteiger partial charge in [-0.05, 0) is 168 Å². The quantitative estimate of drug-likeness (QED) is 0.0831. The van der Waals surface area contributed by atoms with Crippen molar-refractivity contribution in [1.82, 2.24) is 30.0 Å². The molecule has 1 unspecified atom stereocenters. The number of aromatic nitrogens is 4. The predicted octanol–water partition coefficient (Wildman–Crippen LogP) is 10.6. The van der Waals surface area contributed by atoms with Crippen LogP contribution >= 0.6 is 11.3 Å². The number of piperidine rings is 1. The number of hydrogen-bond acceptors (Lipinski definition) is 13. The maximum Gasteiger partial charge on any atom is 0.358 e. The van der Waals surface area contributed by atoms with Gasteiger partial charge in [0.15, 0.2) is 10.8 Å². The molecule has 2 atom stereocenters. The Morgan fingerprint density at radius 3 is 2.42 bits per heavy atom. The summed E-state index contributed by atoms with van der Waals surface area (Å²) in [6, 6.07) is 30.2.